The van der Waals surface area contributed by atoms with Gasteiger partial charge in [0.2, 0.25) is 0 Å². The lowest BCUT2D eigenvalue weighted by Gasteiger charge is -2.33. The van der Waals surface area contributed by atoms with Crippen molar-refractivity contribution in [1.29, 1.82) is 0 Å². The molecule has 26 heavy (non-hydrogen) atoms. The number of H-pyrrole nitrogens is 1. The first-order chi connectivity index (χ1) is 12.8. The van der Waals surface area contributed by atoms with Crippen LogP contribution in [0.15, 0.2) is 48.7 Å². The minimum absolute atomic E-state index is 0.513. The Morgan fingerprint density at radius 2 is 1.96 bits per heavy atom. The maximum Gasteiger partial charge on any atom is 0.0651 e. The van der Waals surface area contributed by atoms with Crippen molar-refractivity contribution in [2.45, 2.75) is 44.2 Å². The number of rotatable bonds is 5. The van der Waals surface area contributed by atoms with Gasteiger partial charge in [0.1, 0.15) is 0 Å². The third-order valence-electron chi connectivity index (χ3n) is 5.75. The maximum absolute atomic E-state index is 4.11. The largest absolute Gasteiger partial charge is 0.381 e. The summed E-state index contributed by atoms with van der Waals surface area (Å²) in [5, 5.41) is 12.0. The molecule has 1 aliphatic carbocycles. The van der Waals surface area contributed by atoms with Gasteiger partial charge in [-0.25, -0.2) is 0 Å². The summed E-state index contributed by atoms with van der Waals surface area (Å²) in [7, 11) is 0. The quantitative estimate of drug-likeness (QED) is 0.714. The minimum Gasteiger partial charge on any atom is -0.381 e. The van der Waals surface area contributed by atoms with Gasteiger partial charge in [0.05, 0.1) is 11.7 Å². The fraction of sp³-hybridized carbons (Fsp3) is 0.409. The second-order valence-electron chi connectivity index (χ2n) is 7.91. The van der Waals surface area contributed by atoms with Crippen molar-refractivity contribution in [3.05, 3.63) is 59.8 Å². The van der Waals surface area contributed by atoms with E-state index in [1.165, 1.54) is 54.4 Å². The number of aromatic nitrogens is 2. The number of fused-ring (bicyclic) bond motifs is 1. The van der Waals surface area contributed by atoms with Gasteiger partial charge in [-0.05, 0) is 67.5 Å². The fourth-order valence-electron chi connectivity index (χ4n) is 4.16. The molecule has 1 saturated heterocycles. The SMILES string of the molecule is c1cc(C2CC2)ccc1CN1CCC[C@H](Nc2ccc3[nH]ncc3c2)C1. The van der Waals surface area contributed by atoms with Crippen LogP contribution in [0.5, 0.6) is 0 Å². The van der Waals surface area contributed by atoms with Crippen molar-refractivity contribution in [2.24, 2.45) is 0 Å². The molecule has 2 fully saturated rings. The Morgan fingerprint density at radius 3 is 2.81 bits per heavy atom. The fourth-order valence-corrected chi connectivity index (χ4v) is 4.16. The van der Waals surface area contributed by atoms with Crippen molar-refractivity contribution in [1.82, 2.24) is 15.1 Å². The number of hydrogen-bond donors (Lipinski definition) is 2. The lowest BCUT2D eigenvalue weighted by molar-refractivity contribution is 0.208. The number of hydrogen-bond acceptors (Lipinski definition) is 3. The highest BCUT2D eigenvalue weighted by Crippen LogP contribution is 2.39. The number of aromatic amines is 1. The predicted molar refractivity (Wildman–Crippen MR) is 106 cm³/mol. The van der Waals surface area contributed by atoms with E-state index in [0.29, 0.717) is 6.04 Å². The van der Waals surface area contributed by atoms with Crippen LogP contribution in [0.4, 0.5) is 5.69 Å². The van der Waals surface area contributed by atoms with E-state index in [2.05, 4.69) is 62.9 Å². The summed E-state index contributed by atoms with van der Waals surface area (Å²) in [6.45, 7) is 3.36. The molecule has 2 N–H and O–H groups in total. The predicted octanol–water partition coefficient (Wildman–Crippen LogP) is 4.52. The molecule has 1 saturated carbocycles. The molecule has 4 heteroatoms. The second kappa shape index (κ2) is 6.76. The van der Waals surface area contributed by atoms with E-state index in [-0.39, 0.29) is 0 Å². The van der Waals surface area contributed by atoms with Gasteiger partial charge in [-0.1, -0.05) is 24.3 Å². The zero-order valence-electron chi connectivity index (χ0n) is 15.1. The molecular weight excluding hydrogens is 320 g/mol. The van der Waals surface area contributed by atoms with Crippen LogP contribution in [0.2, 0.25) is 0 Å². The van der Waals surface area contributed by atoms with Crippen LogP contribution in [0.3, 0.4) is 0 Å². The van der Waals surface area contributed by atoms with Crippen molar-refractivity contribution in [3.8, 4) is 0 Å². The summed E-state index contributed by atoms with van der Waals surface area (Å²) >= 11 is 0. The highest BCUT2D eigenvalue weighted by Gasteiger charge is 2.23. The maximum atomic E-state index is 4.11. The highest BCUT2D eigenvalue weighted by atomic mass is 15.2. The van der Waals surface area contributed by atoms with Crippen LogP contribution in [0.25, 0.3) is 10.9 Å². The molecule has 1 atom stereocenters. The molecule has 0 radical (unpaired) electrons. The van der Waals surface area contributed by atoms with Gasteiger partial charge in [0.25, 0.3) is 0 Å². The molecule has 1 aliphatic heterocycles. The Morgan fingerprint density at radius 1 is 1.08 bits per heavy atom. The molecule has 4 nitrogen and oxygen atoms in total. The smallest absolute Gasteiger partial charge is 0.0651 e. The molecule has 0 spiro atoms. The van der Waals surface area contributed by atoms with Crippen molar-refractivity contribution < 1.29 is 0 Å². The van der Waals surface area contributed by atoms with Gasteiger partial charge in [-0.2, -0.15) is 5.10 Å². The van der Waals surface area contributed by atoms with Gasteiger partial charge in [0, 0.05) is 30.2 Å². The third-order valence-corrected chi connectivity index (χ3v) is 5.75. The molecule has 3 aromatic rings. The Kier molecular flexibility index (Phi) is 4.13. The normalized spacial score (nSPS) is 21.2. The molecule has 0 bridgehead atoms. The lowest BCUT2D eigenvalue weighted by atomic mass is 10.0. The summed E-state index contributed by atoms with van der Waals surface area (Å²) in [6, 6.07) is 16.3. The number of nitrogens with one attached hydrogen (secondary N) is 2. The minimum atomic E-state index is 0.513. The number of anilines is 1. The van der Waals surface area contributed by atoms with Crippen LogP contribution in [0, 0.1) is 0 Å². The monoisotopic (exact) mass is 346 g/mol. The molecule has 134 valence electrons. The van der Waals surface area contributed by atoms with Gasteiger partial charge >= 0.3 is 0 Å². The van der Waals surface area contributed by atoms with Gasteiger partial charge in [-0.15, -0.1) is 0 Å². The summed E-state index contributed by atoms with van der Waals surface area (Å²) in [6.07, 6.45) is 7.14. The number of likely N-dealkylation sites (tertiary alicyclic amines) is 1. The topological polar surface area (TPSA) is 44.0 Å². The van der Waals surface area contributed by atoms with E-state index in [0.717, 1.165) is 24.5 Å². The zero-order chi connectivity index (χ0) is 17.3. The summed E-state index contributed by atoms with van der Waals surface area (Å²) in [4.78, 5) is 2.59. The summed E-state index contributed by atoms with van der Waals surface area (Å²) in [5.41, 5.74) is 5.26. The van der Waals surface area contributed by atoms with Crippen LogP contribution >= 0.6 is 0 Å². The molecule has 2 heterocycles. The zero-order valence-corrected chi connectivity index (χ0v) is 15.1. The van der Waals surface area contributed by atoms with Crippen LogP contribution in [-0.2, 0) is 6.54 Å². The first kappa shape index (κ1) is 15.9. The first-order valence-corrected chi connectivity index (χ1v) is 9.84. The Hall–Kier alpha value is -2.33. The molecular formula is C22H26N4. The Balaban J connectivity index is 1.21. The van der Waals surface area contributed by atoms with Gasteiger partial charge < -0.3 is 5.32 Å². The van der Waals surface area contributed by atoms with E-state index in [1.54, 1.807) is 0 Å². The van der Waals surface area contributed by atoms with E-state index < -0.39 is 0 Å². The van der Waals surface area contributed by atoms with E-state index in [4.69, 9.17) is 0 Å². The van der Waals surface area contributed by atoms with Gasteiger partial charge in [0.15, 0.2) is 0 Å². The summed E-state index contributed by atoms with van der Waals surface area (Å²) in [5.74, 6) is 0.847. The number of nitrogens with zero attached hydrogens (tertiary/aromatic N) is 2. The first-order valence-electron chi connectivity index (χ1n) is 9.84. The molecule has 2 aromatic carbocycles. The summed E-state index contributed by atoms with van der Waals surface area (Å²) < 4.78 is 0. The van der Waals surface area contributed by atoms with Crippen LogP contribution in [0.1, 0.15) is 42.7 Å². The van der Waals surface area contributed by atoms with E-state index in [9.17, 15) is 0 Å². The van der Waals surface area contributed by atoms with Crippen LogP contribution in [-0.4, -0.2) is 34.2 Å². The standard InChI is InChI=1S/C22H26N4/c1-2-21(24-20-9-10-22-19(12-20)13-23-25-22)15-26(11-1)14-16-3-5-17(6-4-16)18-7-8-18/h3-6,9-10,12-13,18,21,24H,1-2,7-8,11,14-15H2,(H,23,25)/t21-/m0/s1. The van der Waals surface area contributed by atoms with Crippen LogP contribution < -0.4 is 5.32 Å². The molecule has 0 unspecified atom stereocenters. The second-order valence-corrected chi connectivity index (χ2v) is 7.91. The van der Waals surface area contributed by atoms with E-state index >= 15 is 0 Å². The third kappa shape index (κ3) is 3.47. The van der Waals surface area contributed by atoms with Crippen molar-refractivity contribution in [2.75, 3.05) is 18.4 Å². The molecule has 2 aliphatic rings. The molecule has 0 amide bonds. The Labute approximate surface area is 154 Å². The van der Waals surface area contributed by atoms with Crippen molar-refractivity contribution in [3.63, 3.8) is 0 Å². The average Bonchev–Trinajstić information content (AvgIpc) is 3.40. The van der Waals surface area contributed by atoms with E-state index in [1.807, 2.05) is 6.20 Å². The van der Waals surface area contributed by atoms with Gasteiger partial charge in [-0.3, -0.25) is 10.00 Å². The highest BCUT2D eigenvalue weighted by molar-refractivity contribution is 5.81. The number of benzene rings is 2. The lowest BCUT2D eigenvalue weighted by Crippen LogP contribution is -2.41. The average molecular weight is 346 g/mol. The molecule has 1 aromatic heterocycles. The van der Waals surface area contributed by atoms with Crippen molar-refractivity contribution >= 4 is 16.6 Å². The number of piperidine rings is 1. The molecule has 5 rings (SSSR count). The Bertz CT molecular complexity index is 879.